The SMILES string of the molecule is CCOCC(Nc1nc(N)ncc1C)C(C)C. The Labute approximate surface area is 103 Å². The minimum absolute atomic E-state index is 0.225. The van der Waals surface area contributed by atoms with E-state index in [1.165, 1.54) is 0 Å². The van der Waals surface area contributed by atoms with E-state index >= 15 is 0 Å². The fourth-order valence-electron chi connectivity index (χ4n) is 1.42. The molecule has 0 radical (unpaired) electrons. The van der Waals surface area contributed by atoms with Crippen LogP contribution in [0.1, 0.15) is 26.3 Å². The highest BCUT2D eigenvalue weighted by Gasteiger charge is 2.15. The molecular weight excluding hydrogens is 216 g/mol. The predicted molar refractivity (Wildman–Crippen MR) is 69.9 cm³/mol. The molecule has 0 aliphatic rings. The smallest absolute Gasteiger partial charge is 0.221 e. The van der Waals surface area contributed by atoms with Gasteiger partial charge in [-0.05, 0) is 19.8 Å². The molecule has 0 aromatic carbocycles. The Balaban J connectivity index is 2.74. The number of nitrogens with one attached hydrogen (secondary N) is 1. The van der Waals surface area contributed by atoms with Crippen molar-refractivity contribution in [2.45, 2.75) is 33.7 Å². The van der Waals surface area contributed by atoms with E-state index in [0.717, 1.165) is 18.0 Å². The summed E-state index contributed by atoms with van der Waals surface area (Å²) in [7, 11) is 0. The first-order chi connectivity index (χ1) is 8.04. The van der Waals surface area contributed by atoms with Crippen LogP contribution in [0.3, 0.4) is 0 Å². The van der Waals surface area contributed by atoms with Gasteiger partial charge in [0.15, 0.2) is 0 Å². The summed E-state index contributed by atoms with van der Waals surface area (Å²) in [5.74, 6) is 1.53. The summed E-state index contributed by atoms with van der Waals surface area (Å²) in [5.41, 5.74) is 6.57. The lowest BCUT2D eigenvalue weighted by Gasteiger charge is -2.23. The van der Waals surface area contributed by atoms with Crippen LogP contribution in [0.25, 0.3) is 0 Å². The van der Waals surface area contributed by atoms with Crippen molar-refractivity contribution in [3.05, 3.63) is 11.8 Å². The predicted octanol–water partition coefficient (Wildman–Crippen LogP) is 1.84. The fraction of sp³-hybridized carbons (Fsp3) is 0.667. The third-order valence-electron chi connectivity index (χ3n) is 2.62. The molecule has 0 aliphatic heterocycles. The lowest BCUT2D eigenvalue weighted by Crippen LogP contribution is -2.31. The number of nitrogen functional groups attached to an aromatic ring is 1. The van der Waals surface area contributed by atoms with Crippen LogP contribution >= 0.6 is 0 Å². The molecule has 17 heavy (non-hydrogen) atoms. The van der Waals surface area contributed by atoms with Gasteiger partial charge < -0.3 is 15.8 Å². The largest absolute Gasteiger partial charge is 0.380 e. The Bertz CT molecular complexity index is 354. The second-order valence-corrected chi connectivity index (χ2v) is 4.41. The molecule has 0 amide bonds. The Morgan fingerprint density at radius 1 is 1.47 bits per heavy atom. The molecular formula is C12H22N4O. The fourth-order valence-corrected chi connectivity index (χ4v) is 1.42. The average molecular weight is 238 g/mol. The van der Waals surface area contributed by atoms with Gasteiger partial charge in [-0.3, -0.25) is 0 Å². The van der Waals surface area contributed by atoms with Gasteiger partial charge in [0.05, 0.1) is 12.6 Å². The van der Waals surface area contributed by atoms with Crippen LogP contribution in [0.15, 0.2) is 6.20 Å². The maximum atomic E-state index is 5.59. The number of anilines is 2. The van der Waals surface area contributed by atoms with Crippen LogP contribution in [0, 0.1) is 12.8 Å². The van der Waals surface area contributed by atoms with Crippen LogP contribution in [-0.2, 0) is 4.74 Å². The number of rotatable bonds is 6. The molecule has 1 aromatic rings. The van der Waals surface area contributed by atoms with E-state index in [1.54, 1.807) is 6.20 Å². The number of aromatic nitrogens is 2. The maximum Gasteiger partial charge on any atom is 0.221 e. The van der Waals surface area contributed by atoms with E-state index in [1.807, 2.05) is 13.8 Å². The normalized spacial score (nSPS) is 12.8. The summed E-state index contributed by atoms with van der Waals surface area (Å²) in [6, 6.07) is 0.225. The first-order valence-electron chi connectivity index (χ1n) is 5.98. The van der Waals surface area contributed by atoms with Gasteiger partial charge in [0.1, 0.15) is 5.82 Å². The number of nitrogens with two attached hydrogens (primary N) is 1. The molecule has 0 bridgehead atoms. The first-order valence-corrected chi connectivity index (χ1v) is 5.98. The van der Waals surface area contributed by atoms with Crippen molar-refractivity contribution in [3.63, 3.8) is 0 Å². The molecule has 96 valence electrons. The monoisotopic (exact) mass is 238 g/mol. The van der Waals surface area contributed by atoms with Crippen molar-refractivity contribution in [3.8, 4) is 0 Å². The van der Waals surface area contributed by atoms with E-state index in [4.69, 9.17) is 10.5 Å². The summed E-state index contributed by atoms with van der Waals surface area (Å²) in [5, 5.41) is 3.37. The molecule has 0 saturated heterocycles. The van der Waals surface area contributed by atoms with Crippen molar-refractivity contribution in [1.82, 2.24) is 9.97 Å². The average Bonchev–Trinajstić information content (AvgIpc) is 2.28. The van der Waals surface area contributed by atoms with Gasteiger partial charge in [0, 0.05) is 18.4 Å². The van der Waals surface area contributed by atoms with Crippen LogP contribution in [0.5, 0.6) is 0 Å². The summed E-state index contributed by atoms with van der Waals surface area (Å²) in [6.45, 7) is 9.63. The molecule has 5 nitrogen and oxygen atoms in total. The molecule has 1 aromatic heterocycles. The van der Waals surface area contributed by atoms with Gasteiger partial charge in [-0.15, -0.1) is 0 Å². The number of ether oxygens (including phenoxy) is 1. The van der Waals surface area contributed by atoms with E-state index in [9.17, 15) is 0 Å². The second kappa shape index (κ2) is 6.39. The lowest BCUT2D eigenvalue weighted by atomic mass is 10.1. The quantitative estimate of drug-likeness (QED) is 0.791. The highest BCUT2D eigenvalue weighted by Crippen LogP contribution is 2.15. The van der Waals surface area contributed by atoms with Crippen LogP contribution in [0.4, 0.5) is 11.8 Å². The van der Waals surface area contributed by atoms with Crippen molar-refractivity contribution >= 4 is 11.8 Å². The van der Waals surface area contributed by atoms with E-state index in [2.05, 4.69) is 29.1 Å². The Hall–Kier alpha value is -1.36. The minimum Gasteiger partial charge on any atom is -0.380 e. The van der Waals surface area contributed by atoms with Gasteiger partial charge in [0.2, 0.25) is 5.95 Å². The zero-order valence-corrected chi connectivity index (χ0v) is 11.0. The molecule has 0 aliphatic carbocycles. The summed E-state index contributed by atoms with van der Waals surface area (Å²) in [6.07, 6.45) is 1.72. The van der Waals surface area contributed by atoms with Crippen molar-refractivity contribution in [2.75, 3.05) is 24.3 Å². The van der Waals surface area contributed by atoms with E-state index in [-0.39, 0.29) is 12.0 Å². The minimum atomic E-state index is 0.225. The zero-order valence-electron chi connectivity index (χ0n) is 11.0. The number of nitrogens with zero attached hydrogens (tertiary/aromatic N) is 2. The number of hydrogen-bond donors (Lipinski definition) is 2. The third kappa shape index (κ3) is 4.19. The number of aryl methyl sites for hydroxylation is 1. The first kappa shape index (κ1) is 13.7. The molecule has 0 spiro atoms. The molecule has 5 heteroatoms. The number of hydrogen-bond acceptors (Lipinski definition) is 5. The molecule has 1 heterocycles. The van der Waals surface area contributed by atoms with Gasteiger partial charge in [0.25, 0.3) is 0 Å². The Morgan fingerprint density at radius 2 is 2.18 bits per heavy atom. The standard InChI is InChI=1S/C12H22N4O/c1-5-17-7-10(8(2)3)15-11-9(4)6-14-12(13)16-11/h6,8,10H,5,7H2,1-4H3,(H3,13,14,15,16). The van der Waals surface area contributed by atoms with Gasteiger partial charge in [-0.1, -0.05) is 13.8 Å². The topological polar surface area (TPSA) is 73.1 Å². The van der Waals surface area contributed by atoms with E-state index < -0.39 is 0 Å². The van der Waals surface area contributed by atoms with Crippen molar-refractivity contribution in [1.29, 1.82) is 0 Å². The van der Waals surface area contributed by atoms with Gasteiger partial charge in [-0.2, -0.15) is 4.98 Å². The Kier molecular flexibility index (Phi) is 5.15. The van der Waals surface area contributed by atoms with E-state index in [0.29, 0.717) is 12.5 Å². The lowest BCUT2D eigenvalue weighted by molar-refractivity contribution is 0.126. The highest BCUT2D eigenvalue weighted by atomic mass is 16.5. The Morgan fingerprint density at radius 3 is 2.76 bits per heavy atom. The molecule has 1 rings (SSSR count). The highest BCUT2D eigenvalue weighted by molar-refractivity contribution is 5.45. The second-order valence-electron chi connectivity index (χ2n) is 4.41. The summed E-state index contributed by atoms with van der Waals surface area (Å²) in [4.78, 5) is 8.15. The van der Waals surface area contributed by atoms with Crippen molar-refractivity contribution in [2.24, 2.45) is 5.92 Å². The van der Waals surface area contributed by atoms with Crippen LogP contribution < -0.4 is 11.1 Å². The van der Waals surface area contributed by atoms with Crippen molar-refractivity contribution < 1.29 is 4.74 Å². The van der Waals surface area contributed by atoms with Gasteiger partial charge >= 0.3 is 0 Å². The molecule has 3 N–H and O–H groups in total. The zero-order chi connectivity index (χ0) is 12.8. The summed E-state index contributed by atoms with van der Waals surface area (Å²) >= 11 is 0. The molecule has 0 saturated carbocycles. The molecule has 0 fully saturated rings. The maximum absolute atomic E-state index is 5.59. The molecule has 1 atom stereocenters. The van der Waals surface area contributed by atoms with Crippen LogP contribution in [0.2, 0.25) is 0 Å². The van der Waals surface area contributed by atoms with Gasteiger partial charge in [-0.25, -0.2) is 4.98 Å². The third-order valence-corrected chi connectivity index (χ3v) is 2.62. The summed E-state index contributed by atoms with van der Waals surface area (Å²) < 4.78 is 5.46. The van der Waals surface area contributed by atoms with Crippen LogP contribution in [-0.4, -0.2) is 29.2 Å². The molecule has 1 unspecified atom stereocenters.